The van der Waals surface area contributed by atoms with Gasteiger partial charge in [0.1, 0.15) is 6.04 Å². The molecule has 0 spiro atoms. The van der Waals surface area contributed by atoms with Gasteiger partial charge in [-0.25, -0.2) is 4.79 Å². The van der Waals surface area contributed by atoms with E-state index in [2.05, 4.69) is 12.2 Å². The third-order valence-corrected chi connectivity index (χ3v) is 3.62. The van der Waals surface area contributed by atoms with Crippen molar-refractivity contribution in [2.75, 3.05) is 7.11 Å². The van der Waals surface area contributed by atoms with Crippen LogP contribution in [-0.4, -0.2) is 25.0 Å². The van der Waals surface area contributed by atoms with E-state index in [9.17, 15) is 9.59 Å². The quantitative estimate of drug-likeness (QED) is 0.711. The molecule has 0 saturated heterocycles. The molecule has 1 fully saturated rings. The van der Waals surface area contributed by atoms with E-state index in [0.29, 0.717) is 18.8 Å². The van der Waals surface area contributed by atoms with Crippen molar-refractivity contribution in [1.29, 1.82) is 0 Å². The maximum Gasteiger partial charge on any atom is 0.328 e. The molecular weight excluding hydrogens is 230 g/mol. The van der Waals surface area contributed by atoms with Gasteiger partial charge in [-0.05, 0) is 25.2 Å². The van der Waals surface area contributed by atoms with Gasteiger partial charge in [-0.2, -0.15) is 0 Å². The molecule has 1 N–H and O–H groups in total. The average molecular weight is 255 g/mol. The van der Waals surface area contributed by atoms with Gasteiger partial charge in [0.15, 0.2) is 0 Å². The van der Waals surface area contributed by atoms with Crippen molar-refractivity contribution in [1.82, 2.24) is 5.32 Å². The Hall–Kier alpha value is -1.06. The maximum absolute atomic E-state index is 11.9. The van der Waals surface area contributed by atoms with Gasteiger partial charge in [-0.1, -0.05) is 32.6 Å². The molecule has 4 heteroatoms. The van der Waals surface area contributed by atoms with Crippen LogP contribution in [0.4, 0.5) is 0 Å². The van der Waals surface area contributed by atoms with E-state index in [-0.39, 0.29) is 11.9 Å². The number of unbranched alkanes of at least 4 members (excludes halogenated alkanes) is 1. The number of hydrogen-bond acceptors (Lipinski definition) is 3. The fraction of sp³-hybridized carbons (Fsp3) is 0.857. The molecule has 0 aromatic rings. The van der Waals surface area contributed by atoms with E-state index >= 15 is 0 Å². The number of nitrogens with one attached hydrogen (secondary N) is 1. The standard InChI is InChI=1S/C14H25NO3/c1-3-4-9-12(14(17)18-2)15-13(16)10-11-7-5-6-8-11/h11-12H,3-10H2,1-2H3,(H,15,16)/t12-/m1/s1. The summed E-state index contributed by atoms with van der Waals surface area (Å²) in [6.45, 7) is 2.06. The Kier molecular flexibility index (Phi) is 6.76. The Morgan fingerprint density at radius 2 is 2.00 bits per heavy atom. The summed E-state index contributed by atoms with van der Waals surface area (Å²) in [5.41, 5.74) is 0. The normalized spacial score (nSPS) is 17.4. The van der Waals surface area contributed by atoms with E-state index in [0.717, 1.165) is 25.7 Å². The van der Waals surface area contributed by atoms with Crippen LogP contribution in [0.25, 0.3) is 0 Å². The van der Waals surface area contributed by atoms with Gasteiger partial charge in [0, 0.05) is 6.42 Å². The van der Waals surface area contributed by atoms with E-state index in [1.807, 2.05) is 0 Å². The van der Waals surface area contributed by atoms with Crippen LogP contribution in [0.2, 0.25) is 0 Å². The lowest BCUT2D eigenvalue weighted by atomic mass is 10.0. The second-order valence-electron chi connectivity index (χ2n) is 5.14. The van der Waals surface area contributed by atoms with Crippen LogP contribution in [0, 0.1) is 5.92 Å². The fourth-order valence-corrected chi connectivity index (χ4v) is 2.53. The van der Waals surface area contributed by atoms with E-state index in [4.69, 9.17) is 4.74 Å². The van der Waals surface area contributed by atoms with Crippen LogP contribution in [0.15, 0.2) is 0 Å². The highest BCUT2D eigenvalue weighted by molar-refractivity contribution is 5.84. The molecule has 1 aliphatic rings. The van der Waals surface area contributed by atoms with Gasteiger partial charge in [0.25, 0.3) is 0 Å². The number of carbonyl (C=O) groups excluding carboxylic acids is 2. The number of methoxy groups -OCH3 is 1. The Balaban J connectivity index is 2.37. The minimum Gasteiger partial charge on any atom is -0.467 e. The Labute approximate surface area is 109 Å². The van der Waals surface area contributed by atoms with Crippen LogP contribution in [0.5, 0.6) is 0 Å². The maximum atomic E-state index is 11.9. The number of hydrogen-bond donors (Lipinski definition) is 1. The third-order valence-electron chi connectivity index (χ3n) is 3.62. The van der Waals surface area contributed by atoms with Crippen molar-refractivity contribution in [2.45, 2.75) is 64.3 Å². The molecule has 104 valence electrons. The topological polar surface area (TPSA) is 55.4 Å². The molecule has 1 saturated carbocycles. The van der Waals surface area contributed by atoms with Gasteiger partial charge in [-0.15, -0.1) is 0 Å². The molecule has 0 heterocycles. The van der Waals surface area contributed by atoms with Crippen molar-refractivity contribution in [3.8, 4) is 0 Å². The number of carbonyl (C=O) groups is 2. The Morgan fingerprint density at radius 1 is 1.33 bits per heavy atom. The van der Waals surface area contributed by atoms with E-state index in [1.165, 1.54) is 20.0 Å². The minimum atomic E-state index is -0.469. The molecule has 0 bridgehead atoms. The molecule has 18 heavy (non-hydrogen) atoms. The van der Waals surface area contributed by atoms with Crippen LogP contribution < -0.4 is 5.32 Å². The van der Waals surface area contributed by atoms with Gasteiger partial charge in [0.05, 0.1) is 7.11 Å². The SMILES string of the molecule is CCCC[C@@H](NC(=O)CC1CCCC1)C(=O)OC. The average Bonchev–Trinajstić information content (AvgIpc) is 2.86. The highest BCUT2D eigenvalue weighted by Crippen LogP contribution is 2.27. The molecule has 0 aromatic carbocycles. The molecule has 1 atom stereocenters. The van der Waals surface area contributed by atoms with Crippen LogP contribution in [0.3, 0.4) is 0 Å². The third kappa shape index (κ3) is 5.07. The van der Waals surface area contributed by atoms with Crippen molar-refractivity contribution in [3.05, 3.63) is 0 Å². The molecule has 1 aliphatic carbocycles. The highest BCUT2D eigenvalue weighted by Gasteiger charge is 2.23. The highest BCUT2D eigenvalue weighted by atomic mass is 16.5. The molecule has 4 nitrogen and oxygen atoms in total. The van der Waals surface area contributed by atoms with Crippen LogP contribution in [0.1, 0.15) is 58.3 Å². The summed E-state index contributed by atoms with van der Waals surface area (Å²) in [6, 6.07) is -0.469. The van der Waals surface area contributed by atoms with Gasteiger partial charge in [0.2, 0.25) is 5.91 Å². The zero-order chi connectivity index (χ0) is 13.4. The molecule has 0 unspecified atom stereocenters. The first kappa shape index (κ1) is 15.0. The molecule has 1 rings (SSSR count). The van der Waals surface area contributed by atoms with Crippen molar-refractivity contribution in [3.63, 3.8) is 0 Å². The summed E-state index contributed by atoms with van der Waals surface area (Å²) in [6.07, 6.45) is 7.90. The lowest BCUT2D eigenvalue weighted by Gasteiger charge is -2.17. The zero-order valence-corrected chi connectivity index (χ0v) is 11.5. The smallest absolute Gasteiger partial charge is 0.328 e. The number of rotatable bonds is 7. The summed E-state index contributed by atoms with van der Waals surface area (Å²) in [5.74, 6) is 0.172. The van der Waals surface area contributed by atoms with Gasteiger partial charge < -0.3 is 10.1 Å². The summed E-state index contributed by atoms with van der Waals surface area (Å²) in [4.78, 5) is 23.4. The monoisotopic (exact) mass is 255 g/mol. The lowest BCUT2D eigenvalue weighted by molar-refractivity contribution is -0.145. The zero-order valence-electron chi connectivity index (χ0n) is 11.5. The Morgan fingerprint density at radius 3 is 2.56 bits per heavy atom. The summed E-state index contributed by atoms with van der Waals surface area (Å²) in [5, 5.41) is 2.82. The summed E-state index contributed by atoms with van der Waals surface area (Å²) >= 11 is 0. The molecule has 0 aromatic heterocycles. The summed E-state index contributed by atoms with van der Waals surface area (Å²) < 4.78 is 4.73. The first-order valence-corrected chi connectivity index (χ1v) is 7.04. The first-order valence-electron chi connectivity index (χ1n) is 7.04. The largest absolute Gasteiger partial charge is 0.467 e. The minimum absolute atomic E-state index is 0.00611. The molecule has 1 amide bonds. The number of esters is 1. The van der Waals surface area contributed by atoms with Crippen LogP contribution >= 0.6 is 0 Å². The van der Waals surface area contributed by atoms with Crippen LogP contribution in [-0.2, 0) is 14.3 Å². The van der Waals surface area contributed by atoms with Crippen molar-refractivity contribution >= 4 is 11.9 Å². The Bertz CT molecular complexity index is 272. The molecular formula is C14H25NO3. The molecule has 0 aliphatic heterocycles. The number of amides is 1. The predicted molar refractivity (Wildman–Crippen MR) is 70.0 cm³/mol. The second kappa shape index (κ2) is 8.11. The van der Waals surface area contributed by atoms with Gasteiger partial charge in [-0.3, -0.25) is 4.79 Å². The van der Waals surface area contributed by atoms with E-state index in [1.54, 1.807) is 0 Å². The summed E-state index contributed by atoms with van der Waals surface area (Å²) in [7, 11) is 1.37. The van der Waals surface area contributed by atoms with E-state index < -0.39 is 6.04 Å². The first-order chi connectivity index (χ1) is 8.67. The molecule has 0 radical (unpaired) electrons. The van der Waals surface area contributed by atoms with Crippen molar-refractivity contribution in [2.24, 2.45) is 5.92 Å². The van der Waals surface area contributed by atoms with Crippen molar-refractivity contribution < 1.29 is 14.3 Å². The predicted octanol–water partition coefficient (Wildman–Crippen LogP) is 2.41. The number of ether oxygens (including phenoxy) is 1. The van der Waals surface area contributed by atoms with Gasteiger partial charge >= 0.3 is 5.97 Å². The lowest BCUT2D eigenvalue weighted by Crippen LogP contribution is -2.41. The second-order valence-corrected chi connectivity index (χ2v) is 5.14. The fourth-order valence-electron chi connectivity index (χ4n) is 2.53.